The van der Waals surface area contributed by atoms with Crippen LogP contribution in [0.2, 0.25) is 0 Å². The molecule has 108 valence electrons. The summed E-state index contributed by atoms with van der Waals surface area (Å²) in [5, 5.41) is 3.37. The lowest BCUT2D eigenvalue weighted by Gasteiger charge is -2.37. The maximum Gasteiger partial charge on any atom is 0.123 e. The Morgan fingerprint density at radius 2 is 2.00 bits per heavy atom. The van der Waals surface area contributed by atoms with E-state index in [1.54, 1.807) is 20.3 Å². The average molecular weight is 269 g/mol. The van der Waals surface area contributed by atoms with Crippen molar-refractivity contribution in [1.29, 1.82) is 0 Å². The van der Waals surface area contributed by atoms with E-state index in [0.717, 1.165) is 18.5 Å². The van der Waals surface area contributed by atoms with Crippen molar-refractivity contribution in [2.75, 3.05) is 20.8 Å². The molecule has 0 amide bonds. The van der Waals surface area contributed by atoms with Gasteiger partial charge in [0.25, 0.3) is 0 Å². The number of ether oxygens (including phenoxy) is 2. The van der Waals surface area contributed by atoms with Crippen LogP contribution in [0.1, 0.15) is 38.8 Å². The predicted octanol–water partition coefficient (Wildman–Crippen LogP) is 3.30. The Bertz CT molecular complexity index is 405. The first-order valence-corrected chi connectivity index (χ1v) is 6.64. The van der Waals surface area contributed by atoms with E-state index in [-0.39, 0.29) is 11.9 Å². The summed E-state index contributed by atoms with van der Waals surface area (Å²) in [5.41, 5.74) is 0.368. The Morgan fingerprint density at radius 3 is 2.47 bits per heavy atom. The Labute approximate surface area is 115 Å². The first-order chi connectivity index (χ1) is 9.02. The van der Waals surface area contributed by atoms with E-state index in [1.807, 2.05) is 13.8 Å². The van der Waals surface area contributed by atoms with E-state index in [9.17, 15) is 4.39 Å². The predicted molar refractivity (Wildman–Crippen MR) is 75.1 cm³/mol. The van der Waals surface area contributed by atoms with Gasteiger partial charge in [0.05, 0.1) is 18.8 Å². The summed E-state index contributed by atoms with van der Waals surface area (Å²) >= 11 is 0. The van der Waals surface area contributed by atoms with Crippen molar-refractivity contribution in [2.45, 2.75) is 38.8 Å². The molecule has 0 aliphatic carbocycles. The van der Waals surface area contributed by atoms with Crippen LogP contribution in [0.5, 0.6) is 5.75 Å². The van der Waals surface area contributed by atoms with Crippen LogP contribution < -0.4 is 10.1 Å². The largest absolute Gasteiger partial charge is 0.496 e. The fourth-order valence-electron chi connectivity index (χ4n) is 2.26. The van der Waals surface area contributed by atoms with Crippen LogP contribution in [0.3, 0.4) is 0 Å². The van der Waals surface area contributed by atoms with Gasteiger partial charge in [0, 0.05) is 12.7 Å². The molecule has 4 heteroatoms. The SMILES string of the molecule is CCNC(c1cc(F)ccc1OC)C(C)(CC)OC. The monoisotopic (exact) mass is 269 g/mol. The summed E-state index contributed by atoms with van der Waals surface area (Å²) in [5.74, 6) is 0.400. The quantitative estimate of drug-likeness (QED) is 0.824. The lowest BCUT2D eigenvalue weighted by atomic mass is 9.87. The number of likely N-dealkylation sites (N-methyl/N-ethyl adjacent to an activating group) is 1. The molecule has 0 radical (unpaired) electrons. The number of hydrogen-bond donors (Lipinski definition) is 1. The van der Waals surface area contributed by atoms with Crippen LogP contribution in [0.4, 0.5) is 4.39 Å². The molecule has 0 saturated carbocycles. The van der Waals surface area contributed by atoms with Crippen molar-refractivity contribution >= 4 is 0 Å². The number of hydrogen-bond acceptors (Lipinski definition) is 3. The number of methoxy groups -OCH3 is 2. The van der Waals surface area contributed by atoms with Crippen LogP contribution >= 0.6 is 0 Å². The van der Waals surface area contributed by atoms with Crippen molar-refractivity contribution in [3.63, 3.8) is 0 Å². The maximum atomic E-state index is 13.6. The third-order valence-corrected chi connectivity index (χ3v) is 3.69. The van der Waals surface area contributed by atoms with Gasteiger partial charge < -0.3 is 14.8 Å². The molecule has 0 aromatic heterocycles. The molecule has 0 bridgehead atoms. The van der Waals surface area contributed by atoms with Crippen LogP contribution in [0.15, 0.2) is 18.2 Å². The zero-order valence-electron chi connectivity index (χ0n) is 12.4. The van der Waals surface area contributed by atoms with Crippen molar-refractivity contribution in [2.24, 2.45) is 0 Å². The molecule has 1 aromatic rings. The fraction of sp³-hybridized carbons (Fsp3) is 0.600. The van der Waals surface area contributed by atoms with Gasteiger partial charge in [-0.3, -0.25) is 0 Å². The Hall–Kier alpha value is -1.13. The lowest BCUT2D eigenvalue weighted by molar-refractivity contribution is -0.0301. The molecule has 0 aliphatic rings. The topological polar surface area (TPSA) is 30.5 Å². The molecular formula is C15H24FNO2. The Morgan fingerprint density at radius 1 is 1.32 bits per heavy atom. The molecular weight excluding hydrogens is 245 g/mol. The van der Waals surface area contributed by atoms with Crippen molar-refractivity contribution in [3.8, 4) is 5.75 Å². The second-order valence-corrected chi connectivity index (χ2v) is 4.75. The molecule has 0 fully saturated rings. The van der Waals surface area contributed by atoms with Crippen molar-refractivity contribution < 1.29 is 13.9 Å². The van der Waals surface area contributed by atoms with Gasteiger partial charge in [-0.1, -0.05) is 13.8 Å². The highest BCUT2D eigenvalue weighted by atomic mass is 19.1. The molecule has 1 N–H and O–H groups in total. The second kappa shape index (κ2) is 6.87. The molecule has 0 saturated heterocycles. The van der Waals surface area contributed by atoms with Gasteiger partial charge >= 0.3 is 0 Å². The minimum absolute atomic E-state index is 0.127. The summed E-state index contributed by atoms with van der Waals surface area (Å²) < 4.78 is 24.6. The van der Waals surface area contributed by atoms with Gasteiger partial charge in [0.15, 0.2) is 0 Å². The first kappa shape index (κ1) is 15.9. The van der Waals surface area contributed by atoms with E-state index in [4.69, 9.17) is 9.47 Å². The third-order valence-electron chi connectivity index (χ3n) is 3.69. The summed E-state index contributed by atoms with van der Waals surface area (Å²) in [6.07, 6.45) is 0.806. The summed E-state index contributed by atoms with van der Waals surface area (Å²) in [7, 11) is 3.27. The molecule has 0 heterocycles. The van der Waals surface area contributed by atoms with Crippen LogP contribution in [0, 0.1) is 5.82 Å². The van der Waals surface area contributed by atoms with Crippen molar-refractivity contribution in [1.82, 2.24) is 5.32 Å². The highest BCUT2D eigenvalue weighted by molar-refractivity contribution is 5.38. The molecule has 0 aliphatic heterocycles. The van der Waals surface area contributed by atoms with E-state index in [0.29, 0.717) is 5.75 Å². The Kier molecular flexibility index (Phi) is 5.76. The van der Waals surface area contributed by atoms with E-state index < -0.39 is 5.60 Å². The van der Waals surface area contributed by atoms with Crippen LogP contribution in [-0.4, -0.2) is 26.4 Å². The summed E-state index contributed by atoms with van der Waals surface area (Å²) in [6.45, 7) is 6.86. The fourth-order valence-corrected chi connectivity index (χ4v) is 2.26. The third kappa shape index (κ3) is 3.45. The van der Waals surface area contributed by atoms with E-state index in [1.165, 1.54) is 12.1 Å². The molecule has 3 nitrogen and oxygen atoms in total. The smallest absolute Gasteiger partial charge is 0.123 e. The number of rotatable bonds is 7. The van der Waals surface area contributed by atoms with Gasteiger partial charge in [-0.25, -0.2) is 4.39 Å². The number of halogens is 1. The zero-order valence-corrected chi connectivity index (χ0v) is 12.4. The number of benzene rings is 1. The highest BCUT2D eigenvalue weighted by Crippen LogP contribution is 2.36. The molecule has 1 rings (SSSR count). The van der Waals surface area contributed by atoms with Gasteiger partial charge in [0.1, 0.15) is 11.6 Å². The minimum Gasteiger partial charge on any atom is -0.496 e. The lowest BCUT2D eigenvalue weighted by Crippen LogP contribution is -2.43. The summed E-state index contributed by atoms with van der Waals surface area (Å²) in [6, 6.07) is 4.44. The highest BCUT2D eigenvalue weighted by Gasteiger charge is 2.35. The van der Waals surface area contributed by atoms with Crippen LogP contribution in [-0.2, 0) is 4.74 Å². The average Bonchev–Trinajstić information content (AvgIpc) is 2.44. The summed E-state index contributed by atoms with van der Waals surface area (Å²) in [4.78, 5) is 0. The molecule has 1 aromatic carbocycles. The zero-order chi connectivity index (χ0) is 14.5. The van der Waals surface area contributed by atoms with Gasteiger partial charge in [-0.05, 0) is 38.1 Å². The standard InChI is InChI=1S/C15H24FNO2/c1-6-15(3,19-5)14(17-7-2)12-10-11(16)8-9-13(12)18-4/h8-10,14,17H,6-7H2,1-5H3. The van der Waals surface area contributed by atoms with E-state index >= 15 is 0 Å². The molecule has 0 spiro atoms. The van der Waals surface area contributed by atoms with Crippen LogP contribution in [0.25, 0.3) is 0 Å². The number of nitrogens with one attached hydrogen (secondary N) is 1. The second-order valence-electron chi connectivity index (χ2n) is 4.75. The molecule has 2 unspecified atom stereocenters. The van der Waals surface area contributed by atoms with Gasteiger partial charge in [0.2, 0.25) is 0 Å². The van der Waals surface area contributed by atoms with E-state index in [2.05, 4.69) is 12.2 Å². The molecule has 19 heavy (non-hydrogen) atoms. The first-order valence-electron chi connectivity index (χ1n) is 6.64. The van der Waals surface area contributed by atoms with Crippen molar-refractivity contribution in [3.05, 3.63) is 29.6 Å². The Balaban J connectivity index is 3.29. The van der Waals surface area contributed by atoms with Gasteiger partial charge in [-0.15, -0.1) is 0 Å². The van der Waals surface area contributed by atoms with Gasteiger partial charge in [-0.2, -0.15) is 0 Å². The normalized spacial score (nSPS) is 15.9. The molecule has 2 atom stereocenters. The minimum atomic E-state index is -0.420. The maximum absolute atomic E-state index is 13.6.